The number of hydrogen-bond donors (Lipinski definition) is 1. The number of rotatable bonds is 4. The molecule has 1 heterocycles. The van der Waals surface area contributed by atoms with Crippen LogP contribution < -0.4 is 5.32 Å². The van der Waals surface area contributed by atoms with Gasteiger partial charge in [0.25, 0.3) is 0 Å². The lowest BCUT2D eigenvalue weighted by Gasteiger charge is -2.33. The van der Waals surface area contributed by atoms with E-state index in [2.05, 4.69) is 37.4 Å². The molecule has 1 fully saturated rings. The number of hydrogen-bond acceptors (Lipinski definition) is 3. The van der Waals surface area contributed by atoms with Gasteiger partial charge in [0.2, 0.25) is 0 Å². The standard InChI is InChI=1S/C16H22N2O/c1-12(2)18-16-7-8-19-11-15(16)9-13-3-5-14(10-17)6-4-13/h3-6,12,15-16,18H,7-9,11H2,1-2H3/t15-,16-/m1/s1. The molecule has 1 saturated heterocycles. The van der Waals surface area contributed by atoms with Crippen LogP contribution in [0.25, 0.3) is 0 Å². The molecule has 0 spiro atoms. The SMILES string of the molecule is CC(C)N[C@@H]1CCOC[C@H]1Cc1ccc(C#N)cc1. The predicted molar refractivity (Wildman–Crippen MR) is 75.8 cm³/mol. The molecular weight excluding hydrogens is 236 g/mol. The van der Waals surface area contributed by atoms with Gasteiger partial charge in [-0.05, 0) is 30.5 Å². The molecule has 0 radical (unpaired) electrons. The molecule has 0 amide bonds. The van der Waals surface area contributed by atoms with Gasteiger partial charge in [0, 0.05) is 24.6 Å². The van der Waals surface area contributed by atoms with Crippen LogP contribution >= 0.6 is 0 Å². The Balaban J connectivity index is 2.00. The average Bonchev–Trinajstić information content (AvgIpc) is 2.41. The van der Waals surface area contributed by atoms with Crippen LogP contribution in [0.5, 0.6) is 0 Å². The van der Waals surface area contributed by atoms with E-state index in [9.17, 15) is 0 Å². The monoisotopic (exact) mass is 258 g/mol. The zero-order valence-electron chi connectivity index (χ0n) is 11.7. The van der Waals surface area contributed by atoms with E-state index in [0.717, 1.165) is 31.6 Å². The normalized spacial score (nSPS) is 23.3. The molecule has 2 rings (SSSR count). The van der Waals surface area contributed by atoms with E-state index < -0.39 is 0 Å². The molecule has 1 aliphatic heterocycles. The van der Waals surface area contributed by atoms with Crippen molar-refractivity contribution in [1.82, 2.24) is 5.32 Å². The zero-order valence-corrected chi connectivity index (χ0v) is 11.7. The average molecular weight is 258 g/mol. The van der Waals surface area contributed by atoms with Gasteiger partial charge in [0.15, 0.2) is 0 Å². The molecule has 2 atom stereocenters. The molecular formula is C16H22N2O. The first-order chi connectivity index (χ1) is 9.19. The minimum Gasteiger partial charge on any atom is -0.381 e. The molecule has 0 saturated carbocycles. The molecule has 3 nitrogen and oxygen atoms in total. The summed E-state index contributed by atoms with van der Waals surface area (Å²) >= 11 is 0. The van der Waals surface area contributed by atoms with Crippen molar-refractivity contribution in [2.75, 3.05) is 13.2 Å². The molecule has 1 N–H and O–H groups in total. The molecule has 102 valence electrons. The van der Waals surface area contributed by atoms with Crippen molar-refractivity contribution in [3.8, 4) is 6.07 Å². The van der Waals surface area contributed by atoms with E-state index in [1.165, 1.54) is 5.56 Å². The highest BCUT2D eigenvalue weighted by Gasteiger charge is 2.26. The van der Waals surface area contributed by atoms with Crippen molar-refractivity contribution >= 4 is 0 Å². The second kappa shape index (κ2) is 6.70. The molecule has 1 aromatic carbocycles. The van der Waals surface area contributed by atoms with Gasteiger partial charge in [-0.25, -0.2) is 0 Å². The van der Waals surface area contributed by atoms with Crippen molar-refractivity contribution < 1.29 is 4.74 Å². The summed E-state index contributed by atoms with van der Waals surface area (Å²) in [5.41, 5.74) is 2.01. The lowest BCUT2D eigenvalue weighted by molar-refractivity contribution is 0.0300. The minimum absolute atomic E-state index is 0.506. The van der Waals surface area contributed by atoms with Crippen molar-refractivity contribution in [2.45, 2.75) is 38.8 Å². The summed E-state index contributed by atoms with van der Waals surface area (Å²) in [6.07, 6.45) is 2.09. The maximum absolute atomic E-state index is 8.81. The summed E-state index contributed by atoms with van der Waals surface area (Å²) in [6, 6.07) is 11.1. The van der Waals surface area contributed by atoms with Gasteiger partial charge in [-0.1, -0.05) is 26.0 Å². The number of nitrogens with one attached hydrogen (secondary N) is 1. The number of nitriles is 1. The van der Waals surface area contributed by atoms with Gasteiger partial charge in [-0.3, -0.25) is 0 Å². The number of ether oxygens (including phenoxy) is 1. The van der Waals surface area contributed by atoms with Crippen LogP contribution in [0.2, 0.25) is 0 Å². The highest BCUT2D eigenvalue weighted by molar-refractivity contribution is 5.31. The van der Waals surface area contributed by atoms with Gasteiger partial charge >= 0.3 is 0 Å². The van der Waals surface area contributed by atoms with Crippen LogP contribution in [-0.4, -0.2) is 25.3 Å². The highest BCUT2D eigenvalue weighted by Crippen LogP contribution is 2.20. The van der Waals surface area contributed by atoms with Crippen molar-refractivity contribution in [1.29, 1.82) is 5.26 Å². The predicted octanol–water partition coefficient (Wildman–Crippen LogP) is 2.50. The van der Waals surface area contributed by atoms with E-state index in [1.54, 1.807) is 0 Å². The summed E-state index contributed by atoms with van der Waals surface area (Å²) in [7, 11) is 0. The van der Waals surface area contributed by atoms with Gasteiger partial charge in [-0.15, -0.1) is 0 Å². The summed E-state index contributed by atoms with van der Waals surface area (Å²) < 4.78 is 5.62. The van der Waals surface area contributed by atoms with Gasteiger partial charge in [-0.2, -0.15) is 5.26 Å². The Morgan fingerprint density at radius 2 is 2.11 bits per heavy atom. The number of nitrogens with zero attached hydrogens (tertiary/aromatic N) is 1. The van der Waals surface area contributed by atoms with Crippen LogP contribution in [0.15, 0.2) is 24.3 Å². The smallest absolute Gasteiger partial charge is 0.0991 e. The molecule has 19 heavy (non-hydrogen) atoms. The fourth-order valence-electron chi connectivity index (χ4n) is 2.66. The Bertz CT molecular complexity index is 433. The van der Waals surface area contributed by atoms with E-state index in [1.807, 2.05) is 12.1 Å². The van der Waals surface area contributed by atoms with Crippen LogP contribution in [0.1, 0.15) is 31.4 Å². The topological polar surface area (TPSA) is 45.0 Å². The Morgan fingerprint density at radius 1 is 1.37 bits per heavy atom. The lowest BCUT2D eigenvalue weighted by Crippen LogP contribution is -2.46. The number of benzene rings is 1. The van der Waals surface area contributed by atoms with Gasteiger partial charge in [0.1, 0.15) is 0 Å². The first-order valence-corrected chi connectivity index (χ1v) is 7.02. The summed E-state index contributed by atoms with van der Waals surface area (Å²) in [5, 5.41) is 12.5. The third kappa shape index (κ3) is 4.05. The van der Waals surface area contributed by atoms with Gasteiger partial charge in [0.05, 0.1) is 18.2 Å². The molecule has 1 aliphatic rings. The Labute approximate surface area is 115 Å². The molecule has 0 bridgehead atoms. The van der Waals surface area contributed by atoms with Crippen molar-refractivity contribution in [3.05, 3.63) is 35.4 Å². The van der Waals surface area contributed by atoms with Crippen LogP contribution in [0, 0.1) is 17.2 Å². The molecule has 3 heteroatoms. The summed E-state index contributed by atoms with van der Waals surface area (Å²) in [4.78, 5) is 0. The Kier molecular flexibility index (Phi) is 4.95. The molecule has 0 aromatic heterocycles. The minimum atomic E-state index is 0.506. The highest BCUT2D eigenvalue weighted by atomic mass is 16.5. The van der Waals surface area contributed by atoms with Crippen LogP contribution in [0.4, 0.5) is 0 Å². The fraction of sp³-hybridized carbons (Fsp3) is 0.562. The second-order valence-electron chi connectivity index (χ2n) is 5.56. The van der Waals surface area contributed by atoms with Crippen LogP contribution in [-0.2, 0) is 11.2 Å². The Morgan fingerprint density at radius 3 is 2.74 bits per heavy atom. The lowest BCUT2D eigenvalue weighted by atomic mass is 9.89. The maximum atomic E-state index is 8.81. The summed E-state index contributed by atoms with van der Waals surface area (Å²) in [5.74, 6) is 0.518. The summed E-state index contributed by atoms with van der Waals surface area (Å²) in [6.45, 7) is 6.06. The first-order valence-electron chi connectivity index (χ1n) is 7.02. The molecule has 0 unspecified atom stereocenters. The van der Waals surface area contributed by atoms with E-state index >= 15 is 0 Å². The van der Waals surface area contributed by atoms with Crippen molar-refractivity contribution in [3.63, 3.8) is 0 Å². The van der Waals surface area contributed by atoms with E-state index in [-0.39, 0.29) is 0 Å². The zero-order chi connectivity index (χ0) is 13.7. The largest absolute Gasteiger partial charge is 0.381 e. The third-order valence-electron chi connectivity index (χ3n) is 3.60. The van der Waals surface area contributed by atoms with E-state index in [0.29, 0.717) is 18.0 Å². The first kappa shape index (κ1) is 14.0. The maximum Gasteiger partial charge on any atom is 0.0991 e. The third-order valence-corrected chi connectivity index (χ3v) is 3.60. The van der Waals surface area contributed by atoms with Crippen molar-refractivity contribution in [2.24, 2.45) is 5.92 Å². The van der Waals surface area contributed by atoms with E-state index in [4.69, 9.17) is 10.00 Å². The van der Waals surface area contributed by atoms with Crippen LogP contribution in [0.3, 0.4) is 0 Å². The fourth-order valence-corrected chi connectivity index (χ4v) is 2.66. The molecule has 1 aromatic rings. The molecule has 0 aliphatic carbocycles. The Hall–Kier alpha value is -1.37. The quantitative estimate of drug-likeness (QED) is 0.902. The van der Waals surface area contributed by atoms with Gasteiger partial charge < -0.3 is 10.1 Å². The second-order valence-corrected chi connectivity index (χ2v) is 5.56.